The zero-order chi connectivity index (χ0) is 35.6. The molecule has 11 rings (SSSR count). The molecule has 2 aliphatic carbocycles. The van der Waals surface area contributed by atoms with Crippen molar-refractivity contribution in [1.82, 2.24) is 9.55 Å². The molecular formula is C51H38N2. The number of fused-ring (bicyclic) bond motifs is 9. The van der Waals surface area contributed by atoms with Gasteiger partial charge in [0.1, 0.15) is 5.82 Å². The van der Waals surface area contributed by atoms with Gasteiger partial charge in [-0.25, -0.2) is 4.98 Å². The van der Waals surface area contributed by atoms with Crippen LogP contribution >= 0.6 is 0 Å². The number of imidazole rings is 1. The highest BCUT2D eigenvalue weighted by Crippen LogP contribution is 2.55. The predicted octanol–water partition coefficient (Wildman–Crippen LogP) is 13.3. The first kappa shape index (κ1) is 30.4. The molecule has 2 aliphatic rings. The lowest BCUT2D eigenvalue weighted by Gasteiger charge is -2.25. The van der Waals surface area contributed by atoms with Crippen molar-refractivity contribution in [2.24, 2.45) is 0 Å². The molecule has 0 saturated heterocycles. The second kappa shape index (κ2) is 10.6. The summed E-state index contributed by atoms with van der Waals surface area (Å²) in [5, 5.41) is 4.93. The number of nitrogens with zero attached hydrogens (tertiary/aromatic N) is 2. The van der Waals surface area contributed by atoms with Gasteiger partial charge in [-0.15, -0.1) is 0 Å². The van der Waals surface area contributed by atoms with Gasteiger partial charge in [-0.05, 0) is 120 Å². The Bertz CT molecular complexity index is 2990. The molecule has 0 unspecified atom stereocenters. The van der Waals surface area contributed by atoms with Crippen molar-refractivity contribution >= 4 is 32.6 Å². The Balaban J connectivity index is 1.30. The molecule has 0 aliphatic heterocycles. The zero-order valence-electron chi connectivity index (χ0n) is 30.4. The molecule has 0 N–H and O–H groups in total. The molecule has 9 aromatic rings. The van der Waals surface area contributed by atoms with Gasteiger partial charge in [0.15, 0.2) is 0 Å². The summed E-state index contributed by atoms with van der Waals surface area (Å²) < 4.78 is 2.36. The number of hydrogen-bond acceptors (Lipinski definition) is 1. The Morgan fingerprint density at radius 2 is 0.962 bits per heavy atom. The van der Waals surface area contributed by atoms with Gasteiger partial charge in [0.2, 0.25) is 0 Å². The van der Waals surface area contributed by atoms with E-state index < -0.39 is 0 Å². The smallest absolute Gasteiger partial charge is 0.146 e. The first-order valence-corrected chi connectivity index (χ1v) is 18.7. The summed E-state index contributed by atoms with van der Waals surface area (Å²) in [4.78, 5) is 5.48. The van der Waals surface area contributed by atoms with Gasteiger partial charge in [-0.3, -0.25) is 4.57 Å². The summed E-state index contributed by atoms with van der Waals surface area (Å²) >= 11 is 0. The average molecular weight is 679 g/mol. The predicted molar refractivity (Wildman–Crippen MR) is 222 cm³/mol. The molecule has 2 heteroatoms. The normalized spacial score (nSPS) is 14.7. The Hall–Kier alpha value is -6.25. The Labute approximate surface area is 310 Å². The summed E-state index contributed by atoms with van der Waals surface area (Å²) in [5.74, 6) is 0.962. The summed E-state index contributed by atoms with van der Waals surface area (Å²) in [6.45, 7) is 9.51. The van der Waals surface area contributed by atoms with Crippen molar-refractivity contribution in [2.45, 2.75) is 38.5 Å². The monoisotopic (exact) mass is 678 g/mol. The van der Waals surface area contributed by atoms with Crippen molar-refractivity contribution in [3.8, 4) is 50.5 Å². The van der Waals surface area contributed by atoms with E-state index in [4.69, 9.17) is 4.98 Å². The number of rotatable bonds is 3. The Kier molecular flexibility index (Phi) is 6.11. The third-order valence-corrected chi connectivity index (χ3v) is 12.4. The lowest BCUT2D eigenvalue weighted by atomic mass is 9.79. The summed E-state index contributed by atoms with van der Waals surface area (Å²) in [7, 11) is 0. The van der Waals surface area contributed by atoms with Crippen molar-refractivity contribution in [3.63, 3.8) is 0 Å². The maximum absolute atomic E-state index is 5.48. The highest BCUT2D eigenvalue weighted by molar-refractivity contribution is 6.22. The van der Waals surface area contributed by atoms with Crippen LogP contribution in [-0.2, 0) is 10.8 Å². The van der Waals surface area contributed by atoms with E-state index in [0.717, 1.165) is 22.5 Å². The first-order chi connectivity index (χ1) is 25.8. The highest BCUT2D eigenvalue weighted by Gasteiger charge is 2.38. The molecule has 0 fully saturated rings. The van der Waals surface area contributed by atoms with E-state index in [-0.39, 0.29) is 10.8 Å². The second-order valence-electron chi connectivity index (χ2n) is 15.9. The van der Waals surface area contributed by atoms with Gasteiger partial charge in [-0.2, -0.15) is 0 Å². The minimum Gasteiger partial charge on any atom is -0.292 e. The topological polar surface area (TPSA) is 17.8 Å². The van der Waals surface area contributed by atoms with E-state index in [1.165, 1.54) is 82.7 Å². The van der Waals surface area contributed by atoms with E-state index in [9.17, 15) is 0 Å². The summed E-state index contributed by atoms with van der Waals surface area (Å²) in [6.07, 6.45) is 0. The van der Waals surface area contributed by atoms with Gasteiger partial charge in [-0.1, -0.05) is 143 Å². The quantitative estimate of drug-likeness (QED) is 0.170. The van der Waals surface area contributed by atoms with Gasteiger partial charge < -0.3 is 0 Å². The second-order valence-corrected chi connectivity index (χ2v) is 15.9. The largest absolute Gasteiger partial charge is 0.292 e. The van der Waals surface area contributed by atoms with Crippen molar-refractivity contribution in [2.75, 3.05) is 0 Å². The van der Waals surface area contributed by atoms with Crippen LogP contribution in [0.5, 0.6) is 0 Å². The standard InChI is InChI=1S/C51H38N2/c1-50(2)41-22-12-10-18-33(41)35-27-26-31(28-43(35)50)47-36-20-8-9-21-37(36)48(49-52-45-24-14-15-25-46(45)53(49)32-16-6-5-7-17-32)40-30-44-38(29-39(40)47)34-19-11-13-23-42(34)51(44,3)4/h5-30H,1-4H3. The fraction of sp³-hybridized carbons (Fsp3) is 0.118. The van der Waals surface area contributed by atoms with Crippen LogP contribution in [0.25, 0.3) is 83.0 Å². The van der Waals surface area contributed by atoms with Gasteiger partial charge >= 0.3 is 0 Å². The lowest BCUT2D eigenvalue weighted by Crippen LogP contribution is -2.15. The Morgan fingerprint density at radius 1 is 0.415 bits per heavy atom. The highest BCUT2D eigenvalue weighted by atomic mass is 15.1. The fourth-order valence-corrected chi connectivity index (χ4v) is 9.81. The number of para-hydroxylation sites is 3. The minimum atomic E-state index is -0.147. The maximum Gasteiger partial charge on any atom is 0.146 e. The molecule has 0 bridgehead atoms. The van der Waals surface area contributed by atoms with Crippen LogP contribution in [0, 0.1) is 0 Å². The third kappa shape index (κ3) is 4.07. The molecule has 252 valence electrons. The molecule has 0 atom stereocenters. The number of aromatic nitrogens is 2. The van der Waals surface area contributed by atoms with Crippen molar-refractivity contribution < 1.29 is 0 Å². The van der Waals surface area contributed by atoms with E-state index in [0.29, 0.717) is 0 Å². The minimum absolute atomic E-state index is 0.0990. The van der Waals surface area contributed by atoms with Crippen LogP contribution < -0.4 is 0 Å². The molecule has 2 nitrogen and oxygen atoms in total. The lowest BCUT2D eigenvalue weighted by molar-refractivity contribution is 0.660. The number of benzene rings is 8. The molecule has 0 amide bonds. The van der Waals surface area contributed by atoms with E-state index >= 15 is 0 Å². The summed E-state index contributed by atoms with van der Waals surface area (Å²) in [5.41, 5.74) is 17.5. The first-order valence-electron chi connectivity index (χ1n) is 18.7. The molecule has 0 radical (unpaired) electrons. The zero-order valence-corrected chi connectivity index (χ0v) is 30.4. The third-order valence-electron chi connectivity index (χ3n) is 12.4. The molecular weight excluding hydrogens is 641 g/mol. The van der Waals surface area contributed by atoms with Gasteiger partial charge in [0.05, 0.1) is 11.0 Å². The van der Waals surface area contributed by atoms with Crippen molar-refractivity contribution in [3.05, 3.63) is 180 Å². The van der Waals surface area contributed by atoms with Crippen LogP contribution in [-0.4, -0.2) is 9.55 Å². The van der Waals surface area contributed by atoms with Crippen LogP contribution in [0.15, 0.2) is 158 Å². The fourth-order valence-electron chi connectivity index (χ4n) is 9.81. The van der Waals surface area contributed by atoms with Crippen LogP contribution in [0.2, 0.25) is 0 Å². The molecule has 8 aromatic carbocycles. The molecule has 0 saturated carbocycles. The van der Waals surface area contributed by atoms with Crippen LogP contribution in [0.1, 0.15) is 49.9 Å². The van der Waals surface area contributed by atoms with E-state index in [1.807, 2.05) is 0 Å². The van der Waals surface area contributed by atoms with Crippen molar-refractivity contribution in [1.29, 1.82) is 0 Å². The molecule has 1 aromatic heterocycles. The maximum atomic E-state index is 5.48. The van der Waals surface area contributed by atoms with Gasteiger partial charge in [0.25, 0.3) is 0 Å². The van der Waals surface area contributed by atoms with Gasteiger partial charge in [0, 0.05) is 22.1 Å². The van der Waals surface area contributed by atoms with Crippen LogP contribution in [0.3, 0.4) is 0 Å². The SMILES string of the molecule is CC1(C)c2ccccc2-c2ccc(-c3c4ccccc4c(-c4nc5ccccc5n4-c4ccccc4)c4cc5c(cc34)-c3ccccc3C5(C)C)cc21. The number of hydrogen-bond donors (Lipinski definition) is 0. The molecule has 0 spiro atoms. The van der Waals surface area contributed by atoms with E-state index in [2.05, 4.69) is 190 Å². The van der Waals surface area contributed by atoms with E-state index in [1.54, 1.807) is 0 Å². The molecule has 53 heavy (non-hydrogen) atoms. The van der Waals surface area contributed by atoms with Crippen LogP contribution in [0.4, 0.5) is 0 Å². The average Bonchev–Trinajstić information content (AvgIpc) is 3.76. The summed E-state index contributed by atoms with van der Waals surface area (Å²) in [6, 6.07) is 58.4. The Morgan fingerprint density at radius 3 is 1.70 bits per heavy atom. The molecule has 1 heterocycles.